The molecule has 0 aliphatic carbocycles. The van der Waals surface area contributed by atoms with Gasteiger partial charge in [0, 0.05) is 37.7 Å². The highest BCUT2D eigenvalue weighted by Crippen LogP contribution is 2.32. The summed E-state index contributed by atoms with van der Waals surface area (Å²) in [6.07, 6.45) is 3.43. The van der Waals surface area contributed by atoms with Gasteiger partial charge in [-0.1, -0.05) is 6.07 Å². The first-order valence-electron chi connectivity index (χ1n) is 10.9. The highest BCUT2D eigenvalue weighted by molar-refractivity contribution is 6.00. The minimum absolute atomic E-state index is 0.0371. The summed E-state index contributed by atoms with van der Waals surface area (Å²) >= 11 is 0. The summed E-state index contributed by atoms with van der Waals surface area (Å²) in [6, 6.07) is 10.7. The van der Waals surface area contributed by atoms with Gasteiger partial charge in [-0.25, -0.2) is 0 Å². The van der Waals surface area contributed by atoms with Gasteiger partial charge in [-0.2, -0.15) is 0 Å². The van der Waals surface area contributed by atoms with Crippen LogP contribution >= 0.6 is 0 Å². The number of piperazine rings is 1. The summed E-state index contributed by atoms with van der Waals surface area (Å²) in [4.78, 5) is 36.9. The fourth-order valence-electron chi connectivity index (χ4n) is 4.60. The van der Waals surface area contributed by atoms with Crippen molar-refractivity contribution in [2.45, 2.75) is 25.4 Å². The molecule has 0 radical (unpaired) electrons. The maximum atomic E-state index is 13.8. The van der Waals surface area contributed by atoms with Crippen molar-refractivity contribution in [3.05, 3.63) is 54.4 Å². The van der Waals surface area contributed by atoms with E-state index in [0.29, 0.717) is 32.8 Å². The highest BCUT2D eigenvalue weighted by atomic mass is 16.5. The van der Waals surface area contributed by atoms with Crippen LogP contribution in [0.2, 0.25) is 0 Å². The van der Waals surface area contributed by atoms with Crippen molar-refractivity contribution in [3.63, 3.8) is 0 Å². The van der Waals surface area contributed by atoms with Crippen molar-refractivity contribution < 1.29 is 19.1 Å². The number of pyridine rings is 1. The van der Waals surface area contributed by atoms with Gasteiger partial charge in [-0.05, 0) is 49.7 Å². The van der Waals surface area contributed by atoms with E-state index in [9.17, 15) is 9.59 Å². The number of hydrogen-bond donors (Lipinski definition) is 0. The van der Waals surface area contributed by atoms with Crippen LogP contribution in [0, 0.1) is 0 Å². The molecule has 32 heavy (non-hydrogen) atoms. The third-order valence-electron chi connectivity index (χ3n) is 6.05. The second-order valence-electron chi connectivity index (χ2n) is 8.77. The van der Waals surface area contributed by atoms with Gasteiger partial charge in [0.25, 0.3) is 0 Å². The lowest BCUT2D eigenvalue weighted by Crippen LogP contribution is -2.64. The Hall–Kier alpha value is -2.97. The normalized spacial score (nSPS) is 20.2. The largest absolute Gasteiger partial charge is 0.497 e. The van der Waals surface area contributed by atoms with Crippen molar-refractivity contribution >= 4 is 17.5 Å². The van der Waals surface area contributed by atoms with Crippen LogP contribution in [0.1, 0.15) is 25.5 Å². The molecule has 2 saturated heterocycles. The molecule has 2 amide bonds. The molecule has 1 unspecified atom stereocenters. The Balaban J connectivity index is 1.59. The van der Waals surface area contributed by atoms with Gasteiger partial charge in [0.1, 0.15) is 18.3 Å². The fourth-order valence-corrected chi connectivity index (χ4v) is 4.60. The summed E-state index contributed by atoms with van der Waals surface area (Å²) in [6.45, 7) is 6.94. The number of amides is 2. The monoisotopic (exact) mass is 438 g/mol. The minimum atomic E-state index is -0.565. The number of benzene rings is 1. The number of anilines is 1. The molecule has 0 N–H and O–H groups in total. The molecule has 1 aromatic carbocycles. The van der Waals surface area contributed by atoms with Crippen LogP contribution in [0.5, 0.6) is 5.75 Å². The zero-order valence-electron chi connectivity index (χ0n) is 18.9. The second-order valence-corrected chi connectivity index (χ2v) is 8.77. The number of carbonyl (C=O) groups is 2. The van der Waals surface area contributed by atoms with E-state index in [1.807, 2.05) is 50.2 Å². The van der Waals surface area contributed by atoms with E-state index in [1.54, 1.807) is 29.3 Å². The number of nitrogens with zero attached hydrogens (tertiary/aromatic N) is 4. The van der Waals surface area contributed by atoms with Crippen LogP contribution in [0.15, 0.2) is 48.8 Å². The molecule has 1 aromatic heterocycles. The van der Waals surface area contributed by atoms with Crippen molar-refractivity contribution in [2.75, 3.05) is 51.4 Å². The Labute approximate surface area is 188 Å². The zero-order valence-corrected chi connectivity index (χ0v) is 18.9. The lowest BCUT2D eigenvalue weighted by molar-refractivity contribution is -0.145. The number of ether oxygens (including phenoxy) is 2. The maximum absolute atomic E-state index is 13.8. The molecule has 0 saturated carbocycles. The van der Waals surface area contributed by atoms with Gasteiger partial charge >= 0.3 is 0 Å². The van der Waals surface area contributed by atoms with Crippen molar-refractivity contribution in [1.29, 1.82) is 0 Å². The number of rotatable bonds is 5. The lowest BCUT2D eigenvalue weighted by Gasteiger charge is -2.48. The Morgan fingerprint density at radius 2 is 1.88 bits per heavy atom. The molecule has 8 heteroatoms. The molecule has 2 aromatic rings. The van der Waals surface area contributed by atoms with Crippen LogP contribution in [-0.2, 0) is 14.3 Å². The van der Waals surface area contributed by atoms with E-state index in [-0.39, 0.29) is 18.4 Å². The topological polar surface area (TPSA) is 75.2 Å². The van der Waals surface area contributed by atoms with Crippen LogP contribution in [0.4, 0.5) is 5.69 Å². The zero-order chi connectivity index (χ0) is 22.7. The molecular weight excluding hydrogens is 408 g/mol. The summed E-state index contributed by atoms with van der Waals surface area (Å²) < 4.78 is 10.7. The average molecular weight is 439 g/mol. The molecule has 2 fully saturated rings. The molecule has 2 aliphatic heterocycles. The van der Waals surface area contributed by atoms with E-state index >= 15 is 0 Å². The van der Waals surface area contributed by atoms with E-state index in [2.05, 4.69) is 9.88 Å². The molecule has 1 atom stereocenters. The number of carbonyl (C=O) groups excluding carboxylic acids is 2. The first-order chi connectivity index (χ1) is 15.4. The minimum Gasteiger partial charge on any atom is -0.497 e. The Morgan fingerprint density at radius 3 is 2.47 bits per heavy atom. The van der Waals surface area contributed by atoms with Gasteiger partial charge in [-0.3, -0.25) is 19.5 Å². The molecule has 170 valence electrons. The van der Waals surface area contributed by atoms with Crippen molar-refractivity contribution in [1.82, 2.24) is 14.8 Å². The summed E-state index contributed by atoms with van der Waals surface area (Å²) in [5.41, 5.74) is 1.07. The number of aromatic nitrogens is 1. The quantitative estimate of drug-likeness (QED) is 0.712. The first-order valence-corrected chi connectivity index (χ1v) is 10.9. The predicted octanol–water partition coefficient (Wildman–Crippen LogP) is 2.12. The molecular formula is C24H30N4O4. The van der Waals surface area contributed by atoms with Crippen LogP contribution in [-0.4, -0.2) is 78.6 Å². The first kappa shape index (κ1) is 22.2. The van der Waals surface area contributed by atoms with Crippen LogP contribution in [0.3, 0.4) is 0 Å². The molecule has 8 nitrogen and oxygen atoms in total. The van der Waals surface area contributed by atoms with Gasteiger partial charge in [-0.15, -0.1) is 0 Å². The van der Waals surface area contributed by atoms with Gasteiger partial charge < -0.3 is 19.3 Å². The van der Waals surface area contributed by atoms with Crippen LogP contribution < -0.4 is 9.64 Å². The standard InChI is InChI=1S/C24H30N4O4/c1-24(2)17-27(16-21(29)28(24)19-6-8-20(31-3)9-7-19)23(30)22(18-5-4-10-25-15-18)26-11-13-32-14-12-26/h4-10,15,22H,11-14,16-17H2,1-3H3. The van der Waals surface area contributed by atoms with Crippen molar-refractivity contribution in [2.24, 2.45) is 0 Å². The average Bonchev–Trinajstić information content (AvgIpc) is 2.80. The van der Waals surface area contributed by atoms with Gasteiger partial charge in [0.15, 0.2) is 0 Å². The smallest absolute Gasteiger partial charge is 0.247 e. The summed E-state index contributed by atoms with van der Waals surface area (Å²) in [5, 5.41) is 0. The van der Waals surface area contributed by atoms with E-state index in [4.69, 9.17) is 9.47 Å². The SMILES string of the molecule is COc1ccc(N2C(=O)CN(C(=O)C(c3cccnc3)N3CCOCC3)CC2(C)C)cc1. The Kier molecular flexibility index (Phi) is 6.43. The second kappa shape index (κ2) is 9.26. The maximum Gasteiger partial charge on any atom is 0.247 e. The molecule has 0 bridgehead atoms. The molecule has 2 aliphatic rings. The molecule has 4 rings (SSSR count). The third kappa shape index (κ3) is 4.47. The van der Waals surface area contributed by atoms with Crippen molar-refractivity contribution in [3.8, 4) is 5.75 Å². The van der Waals surface area contributed by atoms with Gasteiger partial charge in [0.2, 0.25) is 11.8 Å². The predicted molar refractivity (Wildman–Crippen MR) is 121 cm³/mol. The number of hydrogen-bond acceptors (Lipinski definition) is 6. The summed E-state index contributed by atoms with van der Waals surface area (Å²) in [5.74, 6) is 0.556. The third-order valence-corrected chi connectivity index (χ3v) is 6.05. The molecule has 3 heterocycles. The Bertz CT molecular complexity index is 942. The highest BCUT2D eigenvalue weighted by Gasteiger charge is 2.43. The van der Waals surface area contributed by atoms with Crippen LogP contribution in [0.25, 0.3) is 0 Å². The fraction of sp³-hybridized carbons (Fsp3) is 0.458. The van der Waals surface area contributed by atoms with E-state index in [0.717, 1.165) is 17.0 Å². The van der Waals surface area contributed by atoms with Gasteiger partial charge in [0.05, 0.1) is 25.9 Å². The molecule has 0 spiro atoms. The summed E-state index contributed by atoms with van der Waals surface area (Å²) in [7, 11) is 1.61. The van der Waals surface area contributed by atoms with E-state index < -0.39 is 11.6 Å². The Morgan fingerprint density at radius 1 is 1.16 bits per heavy atom. The number of morpholine rings is 1. The van der Waals surface area contributed by atoms with E-state index in [1.165, 1.54) is 0 Å². The number of methoxy groups -OCH3 is 1. The lowest BCUT2D eigenvalue weighted by atomic mass is 9.95.